The summed E-state index contributed by atoms with van der Waals surface area (Å²) in [5.74, 6) is -0.839. The predicted octanol–water partition coefficient (Wildman–Crippen LogP) is 4.25. The van der Waals surface area contributed by atoms with Crippen LogP contribution in [-0.2, 0) is 6.54 Å². The van der Waals surface area contributed by atoms with Gasteiger partial charge in [-0.05, 0) is 48.4 Å². The van der Waals surface area contributed by atoms with Crippen LogP contribution in [0.4, 0.5) is 19.3 Å². The quantitative estimate of drug-likeness (QED) is 0.874. The number of aryl methyl sites for hydroxylation is 1. The molecule has 3 nitrogen and oxygen atoms in total. The monoisotopic (exact) mass is 310 g/mol. The summed E-state index contributed by atoms with van der Waals surface area (Å²) in [6, 6.07) is 8.05. The Labute approximate surface area is 125 Å². The third-order valence-corrected chi connectivity index (χ3v) is 3.14. The molecule has 0 bridgehead atoms. The van der Waals surface area contributed by atoms with Crippen LogP contribution in [0.5, 0.6) is 0 Å². The van der Waals surface area contributed by atoms with Crippen molar-refractivity contribution >= 4 is 23.3 Å². The molecule has 0 saturated heterocycles. The molecule has 0 radical (unpaired) electrons. The fourth-order valence-electron chi connectivity index (χ4n) is 1.73. The molecule has 6 heteroatoms. The van der Waals surface area contributed by atoms with Crippen molar-refractivity contribution in [1.82, 2.24) is 5.32 Å². The van der Waals surface area contributed by atoms with Crippen molar-refractivity contribution in [3.63, 3.8) is 0 Å². The molecule has 2 N–H and O–H groups in total. The standard InChI is InChI=1S/C15H13ClF2N2O/c1-9-6-11(3-5-13(9)17)20-15(21)19-8-10-2-4-14(18)12(16)7-10/h2-7H,8H2,1H3,(H2,19,20,21). The maximum atomic E-state index is 13.1. The summed E-state index contributed by atoms with van der Waals surface area (Å²) in [4.78, 5) is 11.7. The van der Waals surface area contributed by atoms with Gasteiger partial charge in [0.25, 0.3) is 0 Å². The van der Waals surface area contributed by atoms with E-state index in [2.05, 4.69) is 10.6 Å². The Hall–Kier alpha value is -2.14. The van der Waals surface area contributed by atoms with Gasteiger partial charge < -0.3 is 10.6 Å². The summed E-state index contributed by atoms with van der Waals surface area (Å²) in [7, 11) is 0. The van der Waals surface area contributed by atoms with Crippen molar-refractivity contribution in [3.8, 4) is 0 Å². The van der Waals surface area contributed by atoms with Crippen molar-refractivity contribution < 1.29 is 13.6 Å². The summed E-state index contributed by atoms with van der Waals surface area (Å²) in [5.41, 5.74) is 1.61. The molecule has 0 aliphatic rings. The highest BCUT2D eigenvalue weighted by Gasteiger charge is 2.05. The van der Waals surface area contributed by atoms with E-state index >= 15 is 0 Å². The zero-order valence-corrected chi connectivity index (χ0v) is 12.0. The number of hydrogen-bond donors (Lipinski definition) is 2. The van der Waals surface area contributed by atoms with Gasteiger partial charge in [0.2, 0.25) is 0 Å². The van der Waals surface area contributed by atoms with Crippen molar-refractivity contribution in [2.24, 2.45) is 0 Å². The molecule has 2 aromatic rings. The zero-order valence-electron chi connectivity index (χ0n) is 11.2. The topological polar surface area (TPSA) is 41.1 Å². The van der Waals surface area contributed by atoms with E-state index in [1.54, 1.807) is 6.92 Å². The van der Waals surface area contributed by atoms with Gasteiger partial charge in [0.1, 0.15) is 11.6 Å². The molecule has 0 fully saturated rings. The smallest absolute Gasteiger partial charge is 0.319 e. The zero-order chi connectivity index (χ0) is 15.4. The maximum absolute atomic E-state index is 13.1. The minimum absolute atomic E-state index is 0.00358. The van der Waals surface area contributed by atoms with Crippen LogP contribution in [-0.4, -0.2) is 6.03 Å². The molecule has 0 aliphatic heterocycles. The predicted molar refractivity (Wildman–Crippen MR) is 78.4 cm³/mol. The average molecular weight is 311 g/mol. The minimum Gasteiger partial charge on any atom is -0.334 e. The van der Waals surface area contributed by atoms with E-state index in [9.17, 15) is 13.6 Å². The fourth-order valence-corrected chi connectivity index (χ4v) is 1.93. The Bertz CT molecular complexity index is 677. The molecule has 0 heterocycles. The molecule has 0 spiro atoms. The molecule has 2 amide bonds. The first-order valence-corrected chi connectivity index (χ1v) is 6.58. The van der Waals surface area contributed by atoms with Gasteiger partial charge in [0, 0.05) is 12.2 Å². The van der Waals surface area contributed by atoms with Crippen molar-refractivity contribution in [2.75, 3.05) is 5.32 Å². The fraction of sp³-hybridized carbons (Fsp3) is 0.133. The lowest BCUT2D eigenvalue weighted by atomic mass is 10.2. The van der Waals surface area contributed by atoms with E-state index in [4.69, 9.17) is 11.6 Å². The number of anilines is 1. The second-order valence-electron chi connectivity index (χ2n) is 4.52. The number of benzene rings is 2. The molecule has 2 aromatic carbocycles. The molecule has 0 aromatic heterocycles. The molecular weight excluding hydrogens is 298 g/mol. The number of halogens is 3. The van der Waals surface area contributed by atoms with Crippen LogP contribution in [0.1, 0.15) is 11.1 Å². The average Bonchev–Trinajstić information content (AvgIpc) is 2.44. The maximum Gasteiger partial charge on any atom is 0.319 e. The Morgan fingerprint density at radius 1 is 1.14 bits per heavy atom. The first-order valence-electron chi connectivity index (χ1n) is 6.20. The Morgan fingerprint density at radius 2 is 1.86 bits per heavy atom. The number of rotatable bonds is 3. The first kappa shape index (κ1) is 15.3. The number of amides is 2. The van der Waals surface area contributed by atoms with Crippen LogP contribution < -0.4 is 10.6 Å². The molecule has 110 valence electrons. The van der Waals surface area contributed by atoms with Gasteiger partial charge in [-0.25, -0.2) is 13.6 Å². The summed E-state index contributed by atoms with van der Waals surface area (Å²) < 4.78 is 26.1. The Kier molecular flexibility index (Phi) is 4.75. The van der Waals surface area contributed by atoms with Gasteiger partial charge in [0.15, 0.2) is 0 Å². The molecule has 0 aliphatic carbocycles. The highest BCUT2D eigenvalue weighted by molar-refractivity contribution is 6.30. The van der Waals surface area contributed by atoms with Gasteiger partial charge in [-0.15, -0.1) is 0 Å². The van der Waals surface area contributed by atoms with Gasteiger partial charge in [-0.1, -0.05) is 17.7 Å². The van der Waals surface area contributed by atoms with Crippen LogP contribution in [0, 0.1) is 18.6 Å². The minimum atomic E-state index is -0.508. The highest BCUT2D eigenvalue weighted by atomic mass is 35.5. The lowest BCUT2D eigenvalue weighted by Crippen LogP contribution is -2.28. The Balaban J connectivity index is 1.92. The number of urea groups is 1. The van der Waals surface area contributed by atoms with Crippen LogP contribution in [0.2, 0.25) is 5.02 Å². The largest absolute Gasteiger partial charge is 0.334 e. The van der Waals surface area contributed by atoms with E-state index < -0.39 is 11.8 Å². The van der Waals surface area contributed by atoms with Crippen LogP contribution in [0.15, 0.2) is 36.4 Å². The van der Waals surface area contributed by atoms with E-state index in [1.165, 1.54) is 36.4 Å². The lowest BCUT2D eigenvalue weighted by Gasteiger charge is -2.09. The SMILES string of the molecule is Cc1cc(NC(=O)NCc2ccc(F)c(Cl)c2)ccc1F. The molecular formula is C15H13ClF2N2O. The summed E-state index contributed by atoms with van der Waals surface area (Å²) >= 11 is 5.65. The molecule has 2 rings (SSSR count). The van der Waals surface area contributed by atoms with Crippen LogP contribution in [0.3, 0.4) is 0 Å². The first-order chi connectivity index (χ1) is 9.95. The van der Waals surface area contributed by atoms with Crippen molar-refractivity contribution in [1.29, 1.82) is 0 Å². The van der Waals surface area contributed by atoms with Crippen molar-refractivity contribution in [3.05, 3.63) is 64.2 Å². The second kappa shape index (κ2) is 6.54. The number of carbonyl (C=O) groups excluding carboxylic acids is 1. The van der Waals surface area contributed by atoms with Gasteiger partial charge in [-0.2, -0.15) is 0 Å². The highest BCUT2D eigenvalue weighted by Crippen LogP contribution is 2.16. The molecule has 0 atom stereocenters. The third-order valence-electron chi connectivity index (χ3n) is 2.85. The summed E-state index contributed by atoms with van der Waals surface area (Å²) in [6.07, 6.45) is 0. The van der Waals surface area contributed by atoms with Gasteiger partial charge in [-0.3, -0.25) is 0 Å². The van der Waals surface area contributed by atoms with Crippen LogP contribution in [0.25, 0.3) is 0 Å². The molecule has 21 heavy (non-hydrogen) atoms. The summed E-state index contributed by atoms with van der Waals surface area (Å²) in [6.45, 7) is 1.81. The van der Waals surface area contributed by atoms with E-state index in [-0.39, 0.29) is 17.4 Å². The number of nitrogens with one attached hydrogen (secondary N) is 2. The van der Waals surface area contributed by atoms with E-state index in [0.717, 1.165) is 0 Å². The van der Waals surface area contributed by atoms with E-state index in [1.807, 2.05) is 0 Å². The Morgan fingerprint density at radius 3 is 2.52 bits per heavy atom. The molecule has 0 saturated carbocycles. The number of hydrogen-bond acceptors (Lipinski definition) is 1. The number of carbonyl (C=O) groups is 1. The lowest BCUT2D eigenvalue weighted by molar-refractivity contribution is 0.251. The van der Waals surface area contributed by atoms with Crippen molar-refractivity contribution in [2.45, 2.75) is 13.5 Å². The molecule has 0 unspecified atom stereocenters. The summed E-state index contributed by atoms with van der Waals surface area (Å²) in [5, 5.41) is 5.19. The van der Waals surface area contributed by atoms with Gasteiger partial charge in [0.05, 0.1) is 5.02 Å². The normalized spacial score (nSPS) is 10.3. The van der Waals surface area contributed by atoms with E-state index in [0.29, 0.717) is 16.8 Å². The third kappa shape index (κ3) is 4.16. The van der Waals surface area contributed by atoms with Crippen LogP contribution >= 0.6 is 11.6 Å². The van der Waals surface area contributed by atoms with Gasteiger partial charge >= 0.3 is 6.03 Å². The second-order valence-corrected chi connectivity index (χ2v) is 4.93.